The summed E-state index contributed by atoms with van der Waals surface area (Å²) in [5.74, 6) is 1.40. The highest BCUT2D eigenvalue weighted by atomic mass is 16.5. The molecule has 0 aliphatic rings. The summed E-state index contributed by atoms with van der Waals surface area (Å²) in [5.41, 5.74) is 0.0118. The van der Waals surface area contributed by atoms with Crippen molar-refractivity contribution >= 4 is 5.97 Å². The van der Waals surface area contributed by atoms with Crippen molar-refractivity contribution in [1.82, 2.24) is 4.98 Å². The lowest BCUT2D eigenvalue weighted by molar-refractivity contribution is 0.0692. The predicted molar refractivity (Wildman–Crippen MR) is 45.5 cm³/mol. The molecule has 66 valence electrons. The van der Waals surface area contributed by atoms with E-state index in [0.717, 1.165) is 0 Å². The molecule has 4 nitrogen and oxygen atoms in total. The van der Waals surface area contributed by atoms with Gasteiger partial charge in [-0.2, -0.15) is 0 Å². The minimum absolute atomic E-state index is 0.0118. The van der Waals surface area contributed by atoms with E-state index in [4.69, 9.17) is 16.3 Å². The maximum absolute atomic E-state index is 10.6. The fourth-order valence-corrected chi connectivity index (χ4v) is 0.788. The van der Waals surface area contributed by atoms with Crippen LogP contribution in [0, 0.1) is 12.3 Å². The van der Waals surface area contributed by atoms with Crippen molar-refractivity contribution in [1.29, 1.82) is 0 Å². The highest BCUT2D eigenvalue weighted by Crippen LogP contribution is 2.15. The van der Waals surface area contributed by atoms with E-state index in [1.807, 2.05) is 0 Å². The van der Waals surface area contributed by atoms with E-state index < -0.39 is 5.97 Å². The molecule has 0 bridgehead atoms. The summed E-state index contributed by atoms with van der Waals surface area (Å²) in [6.45, 7) is 0.0459. The maximum Gasteiger partial charge on any atom is 0.341 e. The van der Waals surface area contributed by atoms with Gasteiger partial charge in [0.15, 0.2) is 0 Å². The predicted octanol–water partition coefficient (Wildman–Crippen LogP) is 0.792. The summed E-state index contributed by atoms with van der Waals surface area (Å²) in [6, 6.07) is 1.46. The fourth-order valence-electron chi connectivity index (χ4n) is 0.788. The lowest BCUT2D eigenvalue weighted by Crippen LogP contribution is -2.03. The van der Waals surface area contributed by atoms with E-state index in [1.54, 1.807) is 0 Å². The van der Waals surface area contributed by atoms with Crippen LogP contribution in [0.25, 0.3) is 0 Å². The van der Waals surface area contributed by atoms with Gasteiger partial charge in [0.1, 0.15) is 17.9 Å². The van der Waals surface area contributed by atoms with Crippen molar-refractivity contribution in [2.45, 2.75) is 0 Å². The zero-order chi connectivity index (χ0) is 9.68. The summed E-state index contributed by atoms with van der Waals surface area (Å²) < 4.78 is 4.99. The van der Waals surface area contributed by atoms with Crippen LogP contribution < -0.4 is 4.74 Å². The number of hydrogen-bond acceptors (Lipinski definition) is 3. The number of hydrogen-bond donors (Lipinski definition) is 1. The molecule has 13 heavy (non-hydrogen) atoms. The molecule has 1 aromatic rings. The molecule has 0 radical (unpaired) electrons. The molecular weight excluding hydrogens is 170 g/mol. The van der Waals surface area contributed by atoms with Gasteiger partial charge in [0.25, 0.3) is 0 Å². The van der Waals surface area contributed by atoms with E-state index in [2.05, 4.69) is 10.9 Å². The van der Waals surface area contributed by atoms with Crippen molar-refractivity contribution in [2.75, 3.05) is 6.61 Å². The molecule has 1 rings (SSSR count). The average Bonchev–Trinajstić information content (AvgIpc) is 2.15. The Morgan fingerprint density at radius 1 is 1.77 bits per heavy atom. The van der Waals surface area contributed by atoms with E-state index in [1.165, 1.54) is 18.5 Å². The summed E-state index contributed by atoms with van der Waals surface area (Å²) >= 11 is 0. The number of terminal acetylenes is 1. The molecule has 0 amide bonds. The second-order valence-electron chi connectivity index (χ2n) is 2.17. The first-order valence-electron chi connectivity index (χ1n) is 3.49. The summed E-state index contributed by atoms with van der Waals surface area (Å²) in [7, 11) is 0. The van der Waals surface area contributed by atoms with Crippen LogP contribution >= 0.6 is 0 Å². The van der Waals surface area contributed by atoms with Crippen molar-refractivity contribution in [3.05, 3.63) is 24.0 Å². The van der Waals surface area contributed by atoms with Crippen molar-refractivity contribution in [3.8, 4) is 18.1 Å². The molecule has 0 fully saturated rings. The third-order valence-corrected chi connectivity index (χ3v) is 1.32. The maximum atomic E-state index is 10.6. The molecule has 0 saturated heterocycles. The smallest absolute Gasteiger partial charge is 0.341 e. The van der Waals surface area contributed by atoms with E-state index in [-0.39, 0.29) is 17.9 Å². The number of aromatic carboxylic acids is 1. The molecule has 0 aliphatic heterocycles. The number of pyridine rings is 1. The van der Waals surface area contributed by atoms with Crippen LogP contribution in [0.3, 0.4) is 0 Å². The van der Waals surface area contributed by atoms with E-state index >= 15 is 0 Å². The van der Waals surface area contributed by atoms with Crippen LogP contribution in [0.4, 0.5) is 0 Å². The van der Waals surface area contributed by atoms with Crippen LogP contribution in [0.1, 0.15) is 10.4 Å². The number of ether oxygens (including phenoxy) is 1. The standard InChI is InChI=1S/C9H7NO3/c1-2-5-13-8-3-4-10-6-7(8)9(11)12/h1,3-4,6H,5H2,(H,11,12). The van der Waals surface area contributed by atoms with Crippen LogP contribution in [-0.2, 0) is 0 Å². The Balaban J connectivity index is 2.92. The molecule has 0 saturated carbocycles. The van der Waals surface area contributed by atoms with Gasteiger partial charge in [0.2, 0.25) is 0 Å². The number of nitrogens with zero attached hydrogens (tertiary/aromatic N) is 1. The Bertz CT molecular complexity index is 354. The van der Waals surface area contributed by atoms with Gasteiger partial charge in [-0.05, 0) is 6.07 Å². The molecule has 0 aliphatic carbocycles. The Morgan fingerprint density at radius 3 is 3.15 bits per heavy atom. The van der Waals surface area contributed by atoms with Gasteiger partial charge >= 0.3 is 5.97 Å². The Hall–Kier alpha value is -2.02. The van der Waals surface area contributed by atoms with Gasteiger partial charge in [-0.3, -0.25) is 4.98 Å². The lowest BCUT2D eigenvalue weighted by atomic mass is 10.2. The SMILES string of the molecule is C#CCOc1ccncc1C(=O)O. The van der Waals surface area contributed by atoms with Gasteiger partial charge in [-0.25, -0.2) is 4.79 Å². The molecule has 1 aromatic heterocycles. The zero-order valence-electron chi connectivity index (χ0n) is 6.73. The number of carbonyl (C=O) groups is 1. The second kappa shape index (κ2) is 4.12. The number of carboxylic acid groups (broad SMARTS) is 1. The van der Waals surface area contributed by atoms with Crippen LogP contribution in [0.15, 0.2) is 18.5 Å². The molecule has 4 heteroatoms. The number of rotatable bonds is 3. The van der Waals surface area contributed by atoms with Crippen molar-refractivity contribution in [2.24, 2.45) is 0 Å². The first-order valence-corrected chi connectivity index (χ1v) is 3.49. The van der Waals surface area contributed by atoms with Crippen LogP contribution in [-0.4, -0.2) is 22.7 Å². The third-order valence-electron chi connectivity index (χ3n) is 1.32. The summed E-state index contributed by atoms with van der Waals surface area (Å²) in [6.07, 6.45) is 7.62. The largest absolute Gasteiger partial charge is 0.480 e. The topological polar surface area (TPSA) is 59.4 Å². The minimum Gasteiger partial charge on any atom is -0.480 e. The molecule has 0 unspecified atom stereocenters. The first kappa shape index (κ1) is 9.07. The Kier molecular flexibility index (Phi) is 2.87. The molecule has 0 atom stereocenters. The van der Waals surface area contributed by atoms with Crippen LogP contribution in [0.2, 0.25) is 0 Å². The van der Waals surface area contributed by atoms with Crippen LogP contribution in [0.5, 0.6) is 5.75 Å². The Labute approximate surface area is 75.2 Å². The number of aromatic nitrogens is 1. The summed E-state index contributed by atoms with van der Waals surface area (Å²) in [4.78, 5) is 14.3. The highest BCUT2D eigenvalue weighted by molar-refractivity contribution is 5.90. The van der Waals surface area contributed by atoms with Crippen molar-refractivity contribution < 1.29 is 14.6 Å². The zero-order valence-corrected chi connectivity index (χ0v) is 6.73. The summed E-state index contributed by atoms with van der Waals surface area (Å²) in [5, 5.41) is 8.69. The molecule has 0 spiro atoms. The van der Waals surface area contributed by atoms with Crippen molar-refractivity contribution in [3.63, 3.8) is 0 Å². The molecule has 1 N–H and O–H groups in total. The first-order chi connectivity index (χ1) is 6.25. The average molecular weight is 177 g/mol. The van der Waals surface area contributed by atoms with E-state index in [9.17, 15) is 4.79 Å². The third kappa shape index (κ3) is 2.20. The molecule has 1 heterocycles. The number of carboxylic acids is 1. The molecule has 0 aromatic carbocycles. The fraction of sp³-hybridized carbons (Fsp3) is 0.111. The highest BCUT2D eigenvalue weighted by Gasteiger charge is 2.09. The van der Waals surface area contributed by atoms with Gasteiger partial charge in [-0.1, -0.05) is 5.92 Å². The normalized spacial score (nSPS) is 8.85. The Morgan fingerprint density at radius 2 is 2.54 bits per heavy atom. The lowest BCUT2D eigenvalue weighted by Gasteiger charge is -2.04. The van der Waals surface area contributed by atoms with E-state index in [0.29, 0.717) is 0 Å². The van der Waals surface area contributed by atoms with Gasteiger partial charge in [0.05, 0.1) is 0 Å². The van der Waals surface area contributed by atoms with Gasteiger partial charge in [0, 0.05) is 12.4 Å². The minimum atomic E-state index is -1.08. The van der Waals surface area contributed by atoms with Gasteiger partial charge < -0.3 is 9.84 Å². The molecular formula is C9H7NO3. The quantitative estimate of drug-likeness (QED) is 0.693. The second-order valence-corrected chi connectivity index (χ2v) is 2.17. The monoisotopic (exact) mass is 177 g/mol. The van der Waals surface area contributed by atoms with Gasteiger partial charge in [-0.15, -0.1) is 6.42 Å².